The van der Waals surface area contributed by atoms with E-state index in [1.165, 1.54) is 32.1 Å². The summed E-state index contributed by atoms with van der Waals surface area (Å²) in [6.07, 6.45) is 10.4. The molecule has 2 rings (SSSR count). The monoisotopic (exact) mass is 324 g/mol. The summed E-state index contributed by atoms with van der Waals surface area (Å²) < 4.78 is 0. The van der Waals surface area contributed by atoms with Gasteiger partial charge in [0.1, 0.15) is 0 Å². The fourth-order valence-corrected chi connectivity index (χ4v) is 3.53. The van der Waals surface area contributed by atoms with Gasteiger partial charge in [-0.25, -0.2) is 4.79 Å². The summed E-state index contributed by atoms with van der Waals surface area (Å²) in [7, 11) is 1.66. The van der Waals surface area contributed by atoms with E-state index in [1.54, 1.807) is 7.05 Å². The number of urea groups is 1. The Balaban J connectivity index is 1.65. The summed E-state index contributed by atoms with van der Waals surface area (Å²) in [6, 6.07) is 0.549. The molecule has 3 amide bonds. The van der Waals surface area contributed by atoms with Crippen molar-refractivity contribution in [2.45, 2.75) is 69.9 Å². The predicted octanol–water partition coefficient (Wildman–Crippen LogP) is 1.61. The molecule has 0 atom stereocenters. The van der Waals surface area contributed by atoms with Crippen molar-refractivity contribution < 1.29 is 9.59 Å². The number of likely N-dealkylation sites (tertiary alicyclic amines) is 1. The Hall–Kier alpha value is -1.30. The van der Waals surface area contributed by atoms with Crippen molar-refractivity contribution in [3.8, 4) is 0 Å². The van der Waals surface area contributed by atoms with Crippen LogP contribution in [0.2, 0.25) is 0 Å². The Morgan fingerprint density at radius 3 is 1.96 bits per heavy atom. The molecule has 1 saturated carbocycles. The van der Waals surface area contributed by atoms with E-state index >= 15 is 0 Å². The second-order valence-electron chi connectivity index (χ2n) is 6.88. The highest BCUT2D eigenvalue weighted by molar-refractivity contribution is 5.77. The highest BCUT2D eigenvalue weighted by Gasteiger charge is 2.22. The molecule has 1 heterocycles. The van der Waals surface area contributed by atoms with Crippen molar-refractivity contribution in [2.75, 3.05) is 26.7 Å². The molecule has 3 N–H and O–H groups in total. The molecule has 0 spiro atoms. The molecule has 1 aliphatic carbocycles. The summed E-state index contributed by atoms with van der Waals surface area (Å²) in [5, 5.41) is 8.92. The SMILES string of the molecule is CNC(=O)CN1CCC(NC(=O)NC2CCCCCCC2)CC1. The van der Waals surface area contributed by atoms with Crippen LogP contribution >= 0.6 is 0 Å². The van der Waals surface area contributed by atoms with Crippen LogP contribution in [0, 0.1) is 0 Å². The van der Waals surface area contributed by atoms with Crippen LogP contribution in [-0.4, -0.2) is 55.6 Å². The van der Waals surface area contributed by atoms with E-state index in [-0.39, 0.29) is 18.0 Å². The van der Waals surface area contributed by atoms with Crippen LogP contribution in [0.4, 0.5) is 4.79 Å². The van der Waals surface area contributed by atoms with E-state index in [0.29, 0.717) is 12.6 Å². The number of hydrogen-bond donors (Lipinski definition) is 3. The van der Waals surface area contributed by atoms with Gasteiger partial charge in [-0.15, -0.1) is 0 Å². The fourth-order valence-electron chi connectivity index (χ4n) is 3.53. The van der Waals surface area contributed by atoms with Crippen LogP contribution in [-0.2, 0) is 4.79 Å². The van der Waals surface area contributed by atoms with Crippen LogP contribution in [0.5, 0.6) is 0 Å². The van der Waals surface area contributed by atoms with Gasteiger partial charge in [0.2, 0.25) is 5.91 Å². The van der Waals surface area contributed by atoms with Gasteiger partial charge in [0.25, 0.3) is 0 Å². The molecular weight excluding hydrogens is 292 g/mol. The highest BCUT2D eigenvalue weighted by Crippen LogP contribution is 2.17. The molecule has 0 aromatic rings. The van der Waals surface area contributed by atoms with Crippen LogP contribution in [0.15, 0.2) is 0 Å². The van der Waals surface area contributed by atoms with Crippen LogP contribution in [0.3, 0.4) is 0 Å². The van der Waals surface area contributed by atoms with Gasteiger partial charge in [-0.2, -0.15) is 0 Å². The Labute approximate surface area is 139 Å². The molecule has 0 aromatic carbocycles. The van der Waals surface area contributed by atoms with E-state index < -0.39 is 0 Å². The Morgan fingerprint density at radius 2 is 1.39 bits per heavy atom. The molecule has 6 nitrogen and oxygen atoms in total. The zero-order valence-electron chi connectivity index (χ0n) is 14.4. The minimum atomic E-state index is -0.0136. The van der Waals surface area contributed by atoms with Crippen molar-refractivity contribution >= 4 is 11.9 Å². The molecule has 0 unspecified atom stereocenters. The summed E-state index contributed by atoms with van der Waals surface area (Å²) in [5.41, 5.74) is 0. The highest BCUT2D eigenvalue weighted by atomic mass is 16.2. The van der Waals surface area contributed by atoms with Gasteiger partial charge >= 0.3 is 6.03 Å². The normalized spacial score (nSPS) is 22.0. The summed E-state index contributed by atoms with van der Waals surface area (Å²) in [5.74, 6) is 0.0541. The third-order valence-electron chi connectivity index (χ3n) is 5.01. The first kappa shape index (κ1) is 18.0. The van der Waals surface area contributed by atoms with Crippen molar-refractivity contribution in [3.05, 3.63) is 0 Å². The maximum absolute atomic E-state index is 12.2. The number of nitrogens with zero attached hydrogens (tertiary/aromatic N) is 1. The number of carbonyl (C=O) groups is 2. The van der Waals surface area contributed by atoms with Crippen molar-refractivity contribution in [2.24, 2.45) is 0 Å². The first-order chi connectivity index (χ1) is 11.2. The number of hydrogen-bond acceptors (Lipinski definition) is 3. The number of carbonyl (C=O) groups excluding carboxylic acids is 2. The quantitative estimate of drug-likeness (QED) is 0.735. The third-order valence-corrected chi connectivity index (χ3v) is 5.01. The lowest BCUT2D eigenvalue weighted by Crippen LogP contribution is -2.51. The van der Waals surface area contributed by atoms with Gasteiger partial charge in [0.15, 0.2) is 0 Å². The Kier molecular flexibility index (Phi) is 7.65. The standard InChI is InChI=1S/C17H32N4O2/c1-18-16(22)13-21-11-9-15(10-12-21)20-17(23)19-14-7-5-3-2-4-6-8-14/h14-15H,2-13H2,1H3,(H,18,22)(H2,19,20,23). The molecule has 1 saturated heterocycles. The number of amides is 3. The number of likely N-dealkylation sites (N-methyl/N-ethyl adjacent to an activating group) is 1. The molecule has 132 valence electrons. The van der Waals surface area contributed by atoms with E-state index in [1.807, 2.05) is 0 Å². The molecule has 23 heavy (non-hydrogen) atoms. The van der Waals surface area contributed by atoms with Crippen LogP contribution in [0.25, 0.3) is 0 Å². The van der Waals surface area contributed by atoms with Crippen molar-refractivity contribution in [1.29, 1.82) is 0 Å². The second-order valence-corrected chi connectivity index (χ2v) is 6.88. The van der Waals surface area contributed by atoms with Gasteiger partial charge in [-0.1, -0.05) is 32.1 Å². The first-order valence-electron chi connectivity index (χ1n) is 9.17. The molecule has 1 aliphatic heterocycles. The van der Waals surface area contributed by atoms with Crippen molar-refractivity contribution in [1.82, 2.24) is 20.9 Å². The first-order valence-corrected chi connectivity index (χ1v) is 9.17. The van der Waals surface area contributed by atoms with Gasteiger partial charge in [0.05, 0.1) is 6.54 Å². The molecule has 2 aliphatic rings. The molecule has 0 radical (unpaired) electrons. The lowest BCUT2D eigenvalue weighted by atomic mass is 9.97. The second kappa shape index (κ2) is 9.75. The molecule has 6 heteroatoms. The Bertz CT molecular complexity index is 373. The minimum Gasteiger partial charge on any atom is -0.358 e. The number of piperidine rings is 1. The van der Waals surface area contributed by atoms with E-state index in [9.17, 15) is 9.59 Å². The fraction of sp³-hybridized carbons (Fsp3) is 0.882. The predicted molar refractivity (Wildman–Crippen MR) is 91.3 cm³/mol. The minimum absolute atomic E-state index is 0.0136. The van der Waals surface area contributed by atoms with E-state index in [2.05, 4.69) is 20.9 Å². The third kappa shape index (κ3) is 6.77. The zero-order valence-corrected chi connectivity index (χ0v) is 14.4. The van der Waals surface area contributed by atoms with E-state index in [4.69, 9.17) is 0 Å². The van der Waals surface area contributed by atoms with Gasteiger partial charge in [-0.3, -0.25) is 9.69 Å². The lowest BCUT2D eigenvalue weighted by Gasteiger charge is -2.32. The largest absolute Gasteiger partial charge is 0.358 e. The Morgan fingerprint density at radius 1 is 0.870 bits per heavy atom. The van der Waals surface area contributed by atoms with E-state index in [0.717, 1.165) is 38.8 Å². The average Bonchev–Trinajstić information content (AvgIpc) is 2.51. The zero-order chi connectivity index (χ0) is 16.5. The van der Waals surface area contributed by atoms with Gasteiger partial charge < -0.3 is 16.0 Å². The number of rotatable bonds is 4. The molecule has 2 fully saturated rings. The maximum Gasteiger partial charge on any atom is 0.315 e. The summed E-state index contributed by atoms with van der Waals surface area (Å²) in [4.78, 5) is 25.7. The lowest BCUT2D eigenvalue weighted by molar-refractivity contribution is -0.122. The topological polar surface area (TPSA) is 73.5 Å². The van der Waals surface area contributed by atoms with Crippen LogP contribution in [0.1, 0.15) is 57.8 Å². The maximum atomic E-state index is 12.2. The van der Waals surface area contributed by atoms with Gasteiger partial charge in [0, 0.05) is 32.2 Å². The average molecular weight is 324 g/mol. The number of nitrogens with one attached hydrogen (secondary N) is 3. The molecular formula is C17H32N4O2. The molecule has 0 aromatic heterocycles. The summed E-state index contributed by atoms with van der Waals surface area (Å²) >= 11 is 0. The summed E-state index contributed by atoms with van der Waals surface area (Å²) in [6.45, 7) is 2.18. The van der Waals surface area contributed by atoms with Crippen molar-refractivity contribution in [3.63, 3.8) is 0 Å². The van der Waals surface area contributed by atoms with Crippen LogP contribution < -0.4 is 16.0 Å². The smallest absolute Gasteiger partial charge is 0.315 e. The van der Waals surface area contributed by atoms with Gasteiger partial charge in [-0.05, 0) is 25.7 Å². The molecule has 0 bridgehead atoms.